The topological polar surface area (TPSA) is 68.2 Å². The average molecular weight is 492 g/mol. The highest BCUT2D eigenvalue weighted by Gasteiger charge is 2.25. The number of carbonyl (C=O) groups excluding carboxylic acids is 1. The van der Waals surface area contributed by atoms with Crippen LogP contribution in [0.2, 0.25) is 0 Å². The summed E-state index contributed by atoms with van der Waals surface area (Å²) in [7, 11) is 1.62. The molecule has 1 N–H and O–H groups in total. The highest BCUT2D eigenvalue weighted by atomic mass is 16.5. The molecule has 4 rings (SSSR count). The Kier molecular flexibility index (Phi) is 8.04. The summed E-state index contributed by atoms with van der Waals surface area (Å²) in [5.74, 6) is 2.35. The van der Waals surface area contributed by atoms with E-state index in [0.29, 0.717) is 29.4 Å². The molecular formula is C30H37NO5. The highest BCUT2D eigenvalue weighted by molar-refractivity contribution is 6.09. The van der Waals surface area contributed by atoms with Gasteiger partial charge in [-0.25, -0.2) is 0 Å². The van der Waals surface area contributed by atoms with Crippen molar-refractivity contribution in [2.24, 2.45) is 5.92 Å². The molecule has 0 amide bonds. The van der Waals surface area contributed by atoms with Gasteiger partial charge in [-0.2, -0.15) is 0 Å². The van der Waals surface area contributed by atoms with E-state index >= 15 is 0 Å². The third-order valence-electron chi connectivity index (χ3n) is 6.83. The van der Waals surface area contributed by atoms with Crippen molar-refractivity contribution in [2.45, 2.75) is 45.6 Å². The first-order valence-corrected chi connectivity index (χ1v) is 12.8. The van der Waals surface area contributed by atoms with Gasteiger partial charge in [0.2, 0.25) is 0 Å². The lowest BCUT2D eigenvalue weighted by Crippen LogP contribution is -2.34. The number of ketones is 1. The van der Waals surface area contributed by atoms with Crippen molar-refractivity contribution >= 4 is 17.9 Å². The smallest absolute Gasteiger partial charge is 0.189 e. The van der Waals surface area contributed by atoms with E-state index in [1.165, 1.54) is 32.0 Å². The molecule has 36 heavy (non-hydrogen) atoms. The van der Waals surface area contributed by atoms with E-state index in [1.54, 1.807) is 31.4 Å². The van der Waals surface area contributed by atoms with Crippen LogP contribution in [0.5, 0.6) is 23.0 Å². The third-order valence-corrected chi connectivity index (χ3v) is 6.83. The number of phenolic OH excluding ortho intramolecular Hbond substituents is 1. The largest absolute Gasteiger partial charge is 0.506 e. The van der Waals surface area contributed by atoms with E-state index in [9.17, 15) is 9.90 Å². The highest BCUT2D eigenvalue weighted by Crippen LogP contribution is 2.38. The molecule has 0 aromatic heterocycles. The molecule has 1 saturated heterocycles. The summed E-state index contributed by atoms with van der Waals surface area (Å²) in [6.07, 6.45) is 10.3. The molecule has 192 valence electrons. The molecule has 2 aromatic carbocycles. The van der Waals surface area contributed by atoms with Gasteiger partial charge in [0.05, 0.1) is 24.8 Å². The Morgan fingerprint density at radius 3 is 2.72 bits per heavy atom. The van der Waals surface area contributed by atoms with Crippen LogP contribution in [0.25, 0.3) is 12.2 Å². The van der Waals surface area contributed by atoms with Gasteiger partial charge in [0.15, 0.2) is 17.3 Å². The van der Waals surface area contributed by atoms with Gasteiger partial charge < -0.3 is 24.2 Å². The zero-order valence-corrected chi connectivity index (χ0v) is 21.8. The van der Waals surface area contributed by atoms with Gasteiger partial charge in [0, 0.05) is 6.54 Å². The number of hydrogen-bond donors (Lipinski definition) is 1. The van der Waals surface area contributed by atoms with E-state index in [2.05, 4.69) is 11.8 Å². The van der Waals surface area contributed by atoms with Crippen LogP contribution in [0.4, 0.5) is 0 Å². The van der Waals surface area contributed by atoms with Crippen LogP contribution in [-0.2, 0) is 0 Å². The molecular weight excluding hydrogens is 454 g/mol. The minimum Gasteiger partial charge on any atom is -0.506 e. The predicted octanol–water partition coefficient (Wildman–Crippen LogP) is 5.98. The fourth-order valence-corrected chi connectivity index (χ4v) is 4.57. The number of hydrogen-bond acceptors (Lipinski definition) is 6. The first kappa shape index (κ1) is 25.8. The van der Waals surface area contributed by atoms with Crippen LogP contribution in [0, 0.1) is 5.92 Å². The zero-order chi connectivity index (χ0) is 25.7. The van der Waals surface area contributed by atoms with Crippen molar-refractivity contribution in [3.63, 3.8) is 0 Å². The second kappa shape index (κ2) is 11.2. The van der Waals surface area contributed by atoms with Crippen molar-refractivity contribution < 1.29 is 24.1 Å². The number of likely N-dealkylation sites (tertiary alicyclic amines) is 1. The lowest BCUT2D eigenvalue weighted by atomic mass is 9.98. The predicted molar refractivity (Wildman–Crippen MR) is 143 cm³/mol. The summed E-state index contributed by atoms with van der Waals surface area (Å²) in [6.45, 7) is 10.2. The minimum atomic E-state index is -0.453. The maximum atomic E-state index is 12.9. The van der Waals surface area contributed by atoms with Crippen molar-refractivity contribution in [3.8, 4) is 23.0 Å². The Morgan fingerprint density at radius 1 is 1.19 bits per heavy atom. The number of methoxy groups -OCH3 is 1. The second-order valence-electron chi connectivity index (χ2n) is 10.2. The summed E-state index contributed by atoms with van der Waals surface area (Å²) in [4.78, 5) is 15.4. The van der Waals surface area contributed by atoms with Crippen molar-refractivity contribution in [1.29, 1.82) is 0 Å². The standard InChI is InChI=1S/C30H37NO5/c1-21-13-17-31(18-14-21)16-5-19-35-28-20-22(7-10-27(28)34-4)6-9-25(32)23-8-11-26-24(29(23)33)12-15-30(2,3)36-26/h6-12,15,20-21,33H,5,13-14,16-19H2,1-4H3/b9-6+. The van der Waals surface area contributed by atoms with Crippen molar-refractivity contribution in [2.75, 3.05) is 33.4 Å². The van der Waals surface area contributed by atoms with Gasteiger partial charge in [0.25, 0.3) is 0 Å². The van der Waals surface area contributed by atoms with Gasteiger partial charge >= 0.3 is 0 Å². The summed E-state index contributed by atoms with van der Waals surface area (Å²) in [5, 5.41) is 10.7. The first-order chi connectivity index (χ1) is 17.3. The Balaban J connectivity index is 1.39. The van der Waals surface area contributed by atoms with Crippen LogP contribution in [0.3, 0.4) is 0 Å². The van der Waals surface area contributed by atoms with E-state index in [-0.39, 0.29) is 17.1 Å². The van der Waals surface area contributed by atoms with Crippen LogP contribution in [0.1, 0.15) is 61.5 Å². The monoisotopic (exact) mass is 491 g/mol. The van der Waals surface area contributed by atoms with Crippen molar-refractivity contribution in [3.05, 3.63) is 59.2 Å². The van der Waals surface area contributed by atoms with E-state index < -0.39 is 5.60 Å². The number of carbonyl (C=O) groups is 1. The van der Waals surface area contributed by atoms with Crippen LogP contribution < -0.4 is 14.2 Å². The number of ether oxygens (including phenoxy) is 3. The molecule has 0 radical (unpaired) electrons. The fourth-order valence-electron chi connectivity index (χ4n) is 4.57. The normalized spacial score (nSPS) is 17.6. The zero-order valence-electron chi connectivity index (χ0n) is 21.8. The van der Waals surface area contributed by atoms with Crippen LogP contribution >= 0.6 is 0 Å². The van der Waals surface area contributed by atoms with Crippen LogP contribution in [0.15, 0.2) is 42.5 Å². The number of fused-ring (bicyclic) bond motifs is 1. The Labute approximate surface area is 214 Å². The number of benzene rings is 2. The van der Waals surface area contributed by atoms with Gasteiger partial charge in [0.1, 0.15) is 17.1 Å². The SMILES string of the molecule is COc1ccc(/C=C/C(=O)c2ccc3c(c2O)C=CC(C)(C)O3)cc1OCCCN1CCC(C)CC1. The maximum absolute atomic E-state index is 12.9. The fraction of sp³-hybridized carbons (Fsp3) is 0.433. The quantitative estimate of drug-likeness (QED) is 0.264. The lowest BCUT2D eigenvalue weighted by molar-refractivity contribution is 0.104. The molecule has 2 aliphatic rings. The summed E-state index contributed by atoms with van der Waals surface area (Å²) >= 11 is 0. The molecule has 0 unspecified atom stereocenters. The molecule has 2 aromatic rings. The van der Waals surface area contributed by atoms with Gasteiger partial charge in [-0.1, -0.05) is 19.1 Å². The van der Waals surface area contributed by atoms with Gasteiger partial charge in [-0.3, -0.25) is 4.79 Å². The third kappa shape index (κ3) is 6.30. The number of nitrogens with zero attached hydrogens (tertiary/aromatic N) is 1. The first-order valence-electron chi connectivity index (χ1n) is 12.8. The van der Waals surface area contributed by atoms with E-state index in [4.69, 9.17) is 14.2 Å². The Morgan fingerprint density at radius 2 is 1.97 bits per heavy atom. The Hall–Kier alpha value is -3.25. The average Bonchev–Trinajstić information content (AvgIpc) is 2.86. The molecule has 6 heteroatoms. The second-order valence-corrected chi connectivity index (χ2v) is 10.2. The number of aromatic hydroxyl groups is 1. The summed E-state index contributed by atoms with van der Waals surface area (Å²) < 4.78 is 17.4. The minimum absolute atomic E-state index is 0.0733. The van der Waals surface area contributed by atoms with Gasteiger partial charge in [-0.15, -0.1) is 0 Å². The number of allylic oxidation sites excluding steroid dienone is 1. The molecule has 0 bridgehead atoms. The molecule has 0 aliphatic carbocycles. The molecule has 0 saturated carbocycles. The molecule has 2 heterocycles. The van der Waals surface area contributed by atoms with Crippen LogP contribution in [-0.4, -0.2) is 54.7 Å². The summed E-state index contributed by atoms with van der Waals surface area (Å²) in [5.41, 5.74) is 1.11. The van der Waals surface area contributed by atoms with E-state index in [0.717, 1.165) is 24.4 Å². The summed E-state index contributed by atoms with van der Waals surface area (Å²) in [6, 6.07) is 8.91. The molecule has 6 nitrogen and oxygen atoms in total. The molecule has 1 fully saturated rings. The van der Waals surface area contributed by atoms with E-state index in [1.807, 2.05) is 38.1 Å². The molecule has 0 spiro atoms. The van der Waals surface area contributed by atoms with Gasteiger partial charge in [-0.05, 0) is 100 Å². The lowest BCUT2D eigenvalue weighted by Gasteiger charge is -2.30. The molecule has 0 atom stereocenters. The number of piperidine rings is 1. The maximum Gasteiger partial charge on any atom is 0.189 e. The van der Waals surface area contributed by atoms with Crippen molar-refractivity contribution in [1.82, 2.24) is 4.90 Å². The number of rotatable bonds is 9. The molecule has 2 aliphatic heterocycles. The number of phenols is 1. The Bertz CT molecular complexity index is 1140.